The van der Waals surface area contributed by atoms with Gasteiger partial charge in [0.15, 0.2) is 11.2 Å². The van der Waals surface area contributed by atoms with Gasteiger partial charge in [-0.05, 0) is 19.1 Å². The van der Waals surface area contributed by atoms with Crippen molar-refractivity contribution >= 4 is 10.9 Å². The van der Waals surface area contributed by atoms with Gasteiger partial charge in [-0.15, -0.1) is 0 Å². The molecule has 2 aromatic heterocycles. The molecule has 2 heterocycles. The molecule has 0 N–H and O–H groups in total. The van der Waals surface area contributed by atoms with Crippen LogP contribution in [0.25, 0.3) is 10.9 Å². The molecule has 0 radical (unpaired) electrons. The summed E-state index contributed by atoms with van der Waals surface area (Å²) in [7, 11) is 1.44. The lowest BCUT2D eigenvalue weighted by Crippen LogP contribution is -2.14. The molecule has 0 spiro atoms. The second kappa shape index (κ2) is 5.52. The number of rotatable bonds is 3. The van der Waals surface area contributed by atoms with E-state index in [-0.39, 0.29) is 16.6 Å². The number of para-hydroxylation sites is 1. The van der Waals surface area contributed by atoms with E-state index in [0.717, 1.165) is 5.52 Å². The molecule has 0 aliphatic heterocycles. The first kappa shape index (κ1) is 14.1. The van der Waals surface area contributed by atoms with E-state index in [4.69, 9.17) is 9.15 Å². The van der Waals surface area contributed by atoms with E-state index in [2.05, 4.69) is 0 Å². The molecule has 0 aliphatic carbocycles. The molecule has 0 unspecified atom stereocenters. The molecule has 3 aromatic rings. The molecule has 22 heavy (non-hydrogen) atoms. The van der Waals surface area contributed by atoms with E-state index < -0.39 is 0 Å². The fraction of sp³-hybridized carbons (Fsp3) is 0.176. The number of aryl methyl sites for hydroxylation is 1. The van der Waals surface area contributed by atoms with Crippen LogP contribution in [0.3, 0.4) is 0 Å². The highest BCUT2D eigenvalue weighted by Gasteiger charge is 2.12. The number of ether oxygens (including phenoxy) is 1. The van der Waals surface area contributed by atoms with Crippen molar-refractivity contribution in [2.45, 2.75) is 13.5 Å². The number of methoxy groups -OCH3 is 1. The van der Waals surface area contributed by atoms with Crippen molar-refractivity contribution in [2.75, 3.05) is 7.11 Å². The Balaban J connectivity index is 2.21. The van der Waals surface area contributed by atoms with Gasteiger partial charge in [-0.2, -0.15) is 0 Å². The van der Waals surface area contributed by atoms with Crippen molar-refractivity contribution in [3.8, 4) is 5.75 Å². The Bertz CT molecular complexity index is 953. The normalized spacial score (nSPS) is 10.8. The van der Waals surface area contributed by atoms with Gasteiger partial charge in [0, 0.05) is 23.2 Å². The van der Waals surface area contributed by atoms with Crippen molar-refractivity contribution in [3.05, 3.63) is 74.6 Å². The Morgan fingerprint density at radius 2 is 1.95 bits per heavy atom. The van der Waals surface area contributed by atoms with Crippen molar-refractivity contribution < 1.29 is 9.15 Å². The molecule has 1 aromatic carbocycles. The molecule has 0 amide bonds. The summed E-state index contributed by atoms with van der Waals surface area (Å²) in [5, 5.41) is 0.639. The molecule has 0 saturated carbocycles. The summed E-state index contributed by atoms with van der Waals surface area (Å²) in [6, 6.07) is 8.67. The van der Waals surface area contributed by atoms with Crippen molar-refractivity contribution in [1.29, 1.82) is 0 Å². The Hall–Kier alpha value is -2.82. The Morgan fingerprint density at radius 1 is 1.18 bits per heavy atom. The van der Waals surface area contributed by atoms with Gasteiger partial charge in [-0.25, -0.2) is 0 Å². The van der Waals surface area contributed by atoms with E-state index in [1.54, 1.807) is 19.2 Å². The molecular formula is C17H15NO4. The number of hydrogen-bond acceptors (Lipinski definition) is 4. The smallest absolute Gasteiger partial charge is 0.227 e. The van der Waals surface area contributed by atoms with Crippen LogP contribution in [-0.2, 0) is 6.54 Å². The highest BCUT2D eigenvalue weighted by molar-refractivity contribution is 5.79. The molecule has 0 aliphatic rings. The van der Waals surface area contributed by atoms with Crippen molar-refractivity contribution in [2.24, 2.45) is 0 Å². The fourth-order valence-electron chi connectivity index (χ4n) is 2.54. The van der Waals surface area contributed by atoms with Gasteiger partial charge in [0.25, 0.3) is 0 Å². The van der Waals surface area contributed by atoms with Crippen LogP contribution in [0.15, 0.2) is 56.8 Å². The standard InChI is InChI=1S/C17H15NO4/c1-11-9-18(13-6-4-3-5-12(13)16(11)20)10-15-17(21-2)14(19)7-8-22-15/h3-9H,10H2,1-2H3. The topological polar surface area (TPSA) is 61.4 Å². The maximum Gasteiger partial charge on any atom is 0.227 e. The number of fused-ring (bicyclic) bond motifs is 1. The number of hydrogen-bond donors (Lipinski definition) is 0. The quantitative estimate of drug-likeness (QED) is 0.744. The lowest BCUT2D eigenvalue weighted by Gasteiger charge is -2.13. The second-order valence-corrected chi connectivity index (χ2v) is 5.03. The minimum atomic E-state index is -0.231. The first-order valence-corrected chi connectivity index (χ1v) is 6.85. The molecule has 0 bridgehead atoms. The van der Waals surface area contributed by atoms with Crippen LogP contribution in [0.2, 0.25) is 0 Å². The van der Waals surface area contributed by atoms with Crippen LogP contribution < -0.4 is 15.6 Å². The largest absolute Gasteiger partial charge is 0.490 e. The maximum absolute atomic E-state index is 12.2. The highest BCUT2D eigenvalue weighted by Crippen LogP contribution is 2.18. The van der Waals surface area contributed by atoms with E-state index in [1.807, 2.05) is 22.8 Å². The third-order valence-corrected chi connectivity index (χ3v) is 3.59. The van der Waals surface area contributed by atoms with Gasteiger partial charge in [0.05, 0.1) is 25.4 Å². The maximum atomic E-state index is 12.2. The molecule has 0 saturated heterocycles. The van der Waals surface area contributed by atoms with Gasteiger partial charge in [-0.3, -0.25) is 9.59 Å². The molecule has 3 rings (SSSR count). The lowest BCUT2D eigenvalue weighted by atomic mass is 10.1. The Labute approximate surface area is 126 Å². The predicted molar refractivity (Wildman–Crippen MR) is 83.6 cm³/mol. The average molecular weight is 297 g/mol. The summed E-state index contributed by atoms with van der Waals surface area (Å²) in [5.41, 5.74) is 1.20. The summed E-state index contributed by atoms with van der Waals surface area (Å²) in [4.78, 5) is 24.0. The minimum Gasteiger partial charge on any atom is -0.490 e. The zero-order chi connectivity index (χ0) is 15.7. The van der Waals surface area contributed by atoms with Gasteiger partial charge in [-0.1, -0.05) is 12.1 Å². The van der Waals surface area contributed by atoms with Gasteiger partial charge in [0.2, 0.25) is 11.2 Å². The third kappa shape index (κ3) is 2.30. The van der Waals surface area contributed by atoms with Gasteiger partial charge < -0.3 is 13.7 Å². The van der Waals surface area contributed by atoms with E-state index in [1.165, 1.54) is 19.4 Å². The van der Waals surface area contributed by atoms with Crippen LogP contribution in [0.5, 0.6) is 5.75 Å². The molecule has 0 fully saturated rings. The first-order valence-electron chi connectivity index (χ1n) is 6.85. The first-order chi connectivity index (χ1) is 10.6. The molecular weight excluding hydrogens is 282 g/mol. The van der Waals surface area contributed by atoms with E-state index in [0.29, 0.717) is 23.3 Å². The number of nitrogens with zero attached hydrogens (tertiary/aromatic N) is 1. The van der Waals surface area contributed by atoms with Crippen LogP contribution in [0.1, 0.15) is 11.3 Å². The Kier molecular flexibility index (Phi) is 3.55. The van der Waals surface area contributed by atoms with Crippen LogP contribution in [0, 0.1) is 6.92 Å². The van der Waals surface area contributed by atoms with E-state index >= 15 is 0 Å². The summed E-state index contributed by atoms with van der Waals surface area (Å²) < 4.78 is 12.4. The minimum absolute atomic E-state index is 0.00771. The number of benzene rings is 1. The summed E-state index contributed by atoms with van der Waals surface area (Å²) in [6.07, 6.45) is 3.11. The van der Waals surface area contributed by atoms with Crippen LogP contribution in [-0.4, -0.2) is 11.7 Å². The highest BCUT2D eigenvalue weighted by atomic mass is 16.5. The van der Waals surface area contributed by atoms with Crippen molar-refractivity contribution in [1.82, 2.24) is 4.57 Å². The molecule has 5 heteroatoms. The Morgan fingerprint density at radius 3 is 2.73 bits per heavy atom. The number of aromatic nitrogens is 1. The van der Waals surface area contributed by atoms with Crippen LogP contribution in [0.4, 0.5) is 0 Å². The van der Waals surface area contributed by atoms with Crippen molar-refractivity contribution in [3.63, 3.8) is 0 Å². The monoisotopic (exact) mass is 297 g/mol. The van der Waals surface area contributed by atoms with E-state index in [9.17, 15) is 9.59 Å². The predicted octanol–water partition coefficient (Wildman–Crippen LogP) is 2.32. The second-order valence-electron chi connectivity index (χ2n) is 5.03. The third-order valence-electron chi connectivity index (χ3n) is 3.59. The number of pyridine rings is 1. The zero-order valence-electron chi connectivity index (χ0n) is 12.3. The molecule has 112 valence electrons. The average Bonchev–Trinajstić information content (AvgIpc) is 2.52. The zero-order valence-corrected chi connectivity index (χ0v) is 12.3. The van der Waals surface area contributed by atoms with Crippen LogP contribution >= 0.6 is 0 Å². The molecule has 5 nitrogen and oxygen atoms in total. The summed E-state index contributed by atoms with van der Waals surface area (Å²) in [5.74, 6) is 0.603. The summed E-state index contributed by atoms with van der Waals surface area (Å²) >= 11 is 0. The van der Waals surface area contributed by atoms with Gasteiger partial charge in [0.1, 0.15) is 0 Å². The lowest BCUT2D eigenvalue weighted by molar-refractivity contribution is 0.363. The summed E-state index contributed by atoms with van der Waals surface area (Å²) in [6.45, 7) is 2.07. The molecule has 0 atom stereocenters. The fourth-order valence-corrected chi connectivity index (χ4v) is 2.54. The SMILES string of the molecule is COc1c(Cn2cc(C)c(=O)c3ccccc32)occc1=O. The van der Waals surface area contributed by atoms with Gasteiger partial charge >= 0.3 is 0 Å².